The molecule has 0 atom stereocenters. The highest BCUT2D eigenvalue weighted by atomic mass is 16.5. The van der Waals surface area contributed by atoms with Gasteiger partial charge in [0, 0.05) is 18.5 Å². The fourth-order valence-electron chi connectivity index (χ4n) is 2.43. The topological polar surface area (TPSA) is 66.8 Å². The summed E-state index contributed by atoms with van der Waals surface area (Å²) < 4.78 is 5.14. The Bertz CT molecular complexity index is 659. The SMILES string of the molecule is Cc1ccc(C(=O)CCCN(O)CCOC(=O)c2ccc(C)cc2)cc1. The average Bonchev–Trinajstić information content (AvgIpc) is 2.62. The second-order valence-electron chi connectivity index (χ2n) is 6.35. The van der Waals surface area contributed by atoms with Crippen LogP contribution in [0.3, 0.4) is 0 Å². The van der Waals surface area contributed by atoms with E-state index in [-0.39, 0.29) is 18.9 Å². The van der Waals surface area contributed by atoms with Crippen LogP contribution in [0.15, 0.2) is 48.5 Å². The highest BCUT2D eigenvalue weighted by Crippen LogP contribution is 2.08. The maximum atomic E-state index is 12.1. The van der Waals surface area contributed by atoms with Crippen molar-refractivity contribution in [2.45, 2.75) is 26.7 Å². The van der Waals surface area contributed by atoms with Gasteiger partial charge < -0.3 is 9.94 Å². The Labute approximate surface area is 154 Å². The first-order valence-electron chi connectivity index (χ1n) is 8.73. The van der Waals surface area contributed by atoms with E-state index in [0.29, 0.717) is 30.5 Å². The molecule has 0 radical (unpaired) electrons. The van der Waals surface area contributed by atoms with E-state index in [9.17, 15) is 14.8 Å². The predicted molar refractivity (Wildman–Crippen MR) is 99.6 cm³/mol. The third-order valence-electron chi connectivity index (χ3n) is 4.06. The van der Waals surface area contributed by atoms with Crippen molar-refractivity contribution in [3.05, 3.63) is 70.8 Å². The first-order chi connectivity index (χ1) is 12.5. The van der Waals surface area contributed by atoms with E-state index in [1.54, 1.807) is 12.1 Å². The van der Waals surface area contributed by atoms with Crippen molar-refractivity contribution in [2.75, 3.05) is 19.7 Å². The number of benzene rings is 2. The smallest absolute Gasteiger partial charge is 0.338 e. The lowest BCUT2D eigenvalue weighted by atomic mass is 10.1. The third kappa shape index (κ3) is 6.43. The third-order valence-corrected chi connectivity index (χ3v) is 4.06. The quantitative estimate of drug-likeness (QED) is 0.421. The van der Waals surface area contributed by atoms with Gasteiger partial charge >= 0.3 is 5.97 Å². The minimum Gasteiger partial charge on any atom is -0.461 e. The summed E-state index contributed by atoms with van der Waals surface area (Å²) in [6.45, 7) is 4.57. The van der Waals surface area contributed by atoms with Crippen LogP contribution in [0.4, 0.5) is 0 Å². The Balaban J connectivity index is 1.63. The number of ether oxygens (including phenoxy) is 1. The molecule has 0 heterocycles. The van der Waals surface area contributed by atoms with Crippen LogP contribution in [0.5, 0.6) is 0 Å². The van der Waals surface area contributed by atoms with Gasteiger partial charge in [0.1, 0.15) is 6.61 Å². The van der Waals surface area contributed by atoms with Crippen LogP contribution in [0.1, 0.15) is 44.7 Å². The van der Waals surface area contributed by atoms with Crippen LogP contribution in [0, 0.1) is 13.8 Å². The molecular formula is C21H25NO4. The molecule has 2 aromatic carbocycles. The van der Waals surface area contributed by atoms with Crippen molar-refractivity contribution in [2.24, 2.45) is 0 Å². The molecule has 0 saturated heterocycles. The summed E-state index contributed by atoms with van der Waals surface area (Å²) in [5.74, 6) is -0.350. The lowest BCUT2D eigenvalue weighted by Crippen LogP contribution is -2.26. The molecule has 0 bridgehead atoms. The van der Waals surface area contributed by atoms with Gasteiger partial charge in [-0.2, -0.15) is 5.06 Å². The number of hydrogen-bond acceptors (Lipinski definition) is 5. The summed E-state index contributed by atoms with van der Waals surface area (Å²) in [5.41, 5.74) is 3.36. The highest BCUT2D eigenvalue weighted by Gasteiger charge is 2.09. The lowest BCUT2D eigenvalue weighted by molar-refractivity contribution is -0.0998. The van der Waals surface area contributed by atoms with E-state index in [2.05, 4.69) is 0 Å². The van der Waals surface area contributed by atoms with Gasteiger partial charge in [0.05, 0.1) is 12.1 Å². The number of rotatable bonds is 9. The molecular weight excluding hydrogens is 330 g/mol. The molecule has 0 aliphatic rings. The summed E-state index contributed by atoms with van der Waals surface area (Å²) in [4.78, 5) is 23.9. The molecule has 1 N–H and O–H groups in total. The van der Waals surface area contributed by atoms with Crippen LogP contribution in [-0.4, -0.2) is 41.7 Å². The van der Waals surface area contributed by atoms with Crippen molar-refractivity contribution < 1.29 is 19.5 Å². The lowest BCUT2D eigenvalue weighted by Gasteiger charge is -2.14. The fourth-order valence-corrected chi connectivity index (χ4v) is 2.43. The minimum atomic E-state index is -0.409. The zero-order chi connectivity index (χ0) is 18.9. The largest absolute Gasteiger partial charge is 0.461 e. The normalized spacial score (nSPS) is 10.8. The average molecular weight is 355 g/mol. The maximum absolute atomic E-state index is 12.1. The number of nitrogens with zero attached hydrogens (tertiary/aromatic N) is 1. The molecule has 0 aromatic heterocycles. The second-order valence-corrected chi connectivity index (χ2v) is 6.35. The van der Waals surface area contributed by atoms with Gasteiger partial charge in [-0.05, 0) is 32.4 Å². The van der Waals surface area contributed by atoms with Gasteiger partial charge in [0.25, 0.3) is 0 Å². The van der Waals surface area contributed by atoms with E-state index < -0.39 is 5.97 Å². The molecule has 0 unspecified atom stereocenters. The van der Waals surface area contributed by atoms with Crippen LogP contribution < -0.4 is 0 Å². The first-order valence-corrected chi connectivity index (χ1v) is 8.73. The van der Waals surface area contributed by atoms with Gasteiger partial charge in [-0.15, -0.1) is 0 Å². The number of hydroxylamine groups is 2. The van der Waals surface area contributed by atoms with E-state index in [4.69, 9.17) is 4.74 Å². The zero-order valence-corrected chi connectivity index (χ0v) is 15.3. The fraction of sp³-hybridized carbons (Fsp3) is 0.333. The Kier molecular flexibility index (Phi) is 7.51. The van der Waals surface area contributed by atoms with E-state index in [1.165, 1.54) is 0 Å². The number of esters is 1. The summed E-state index contributed by atoms with van der Waals surface area (Å²) in [7, 11) is 0. The maximum Gasteiger partial charge on any atom is 0.338 e. The zero-order valence-electron chi connectivity index (χ0n) is 15.3. The van der Waals surface area contributed by atoms with Crippen LogP contribution >= 0.6 is 0 Å². The summed E-state index contributed by atoms with van der Waals surface area (Å²) >= 11 is 0. The molecule has 0 amide bonds. The van der Waals surface area contributed by atoms with Crippen molar-refractivity contribution in [3.8, 4) is 0 Å². The van der Waals surface area contributed by atoms with Gasteiger partial charge in [0.2, 0.25) is 0 Å². The standard InChI is InChI=1S/C21H25NO4/c1-16-5-9-18(10-6-16)20(23)4-3-13-22(25)14-15-26-21(24)19-11-7-17(2)8-12-19/h5-12,25H,3-4,13-15H2,1-2H3. The number of hydrogen-bond donors (Lipinski definition) is 1. The molecule has 0 saturated carbocycles. The van der Waals surface area contributed by atoms with Crippen molar-refractivity contribution in [1.82, 2.24) is 5.06 Å². The molecule has 5 heteroatoms. The number of aryl methyl sites for hydroxylation is 2. The molecule has 0 aliphatic carbocycles. The van der Waals surface area contributed by atoms with Gasteiger partial charge in [-0.1, -0.05) is 47.5 Å². The monoisotopic (exact) mass is 355 g/mol. The molecule has 5 nitrogen and oxygen atoms in total. The Morgan fingerprint density at radius 3 is 2.00 bits per heavy atom. The molecule has 0 spiro atoms. The molecule has 0 aliphatic heterocycles. The Morgan fingerprint density at radius 2 is 1.42 bits per heavy atom. The Morgan fingerprint density at radius 1 is 0.885 bits per heavy atom. The van der Waals surface area contributed by atoms with Gasteiger partial charge in [-0.25, -0.2) is 4.79 Å². The number of carbonyl (C=O) groups excluding carboxylic acids is 2. The second kappa shape index (κ2) is 9.85. The van der Waals surface area contributed by atoms with Gasteiger partial charge in [0.15, 0.2) is 5.78 Å². The summed E-state index contributed by atoms with van der Waals surface area (Å²) in [6.07, 6.45) is 0.901. The Hall–Kier alpha value is -2.50. The van der Waals surface area contributed by atoms with Crippen LogP contribution in [0.2, 0.25) is 0 Å². The molecule has 26 heavy (non-hydrogen) atoms. The number of carbonyl (C=O) groups is 2. The molecule has 2 aromatic rings. The van der Waals surface area contributed by atoms with Crippen molar-refractivity contribution >= 4 is 11.8 Å². The number of Topliss-reactive ketones (excluding diaryl/α,β-unsaturated/α-hetero) is 1. The summed E-state index contributed by atoms with van der Waals surface area (Å²) in [6, 6.07) is 14.6. The van der Waals surface area contributed by atoms with Crippen molar-refractivity contribution in [3.63, 3.8) is 0 Å². The molecule has 138 valence electrons. The van der Waals surface area contributed by atoms with Crippen LogP contribution in [-0.2, 0) is 4.74 Å². The molecule has 0 fully saturated rings. The minimum absolute atomic E-state index is 0.0594. The first kappa shape index (κ1) is 19.8. The number of ketones is 1. The van der Waals surface area contributed by atoms with E-state index in [0.717, 1.165) is 16.2 Å². The molecule has 2 rings (SSSR count). The van der Waals surface area contributed by atoms with Gasteiger partial charge in [-0.3, -0.25) is 4.79 Å². The summed E-state index contributed by atoms with van der Waals surface area (Å²) in [5, 5.41) is 10.9. The van der Waals surface area contributed by atoms with E-state index in [1.807, 2.05) is 50.2 Å². The highest BCUT2D eigenvalue weighted by molar-refractivity contribution is 5.96. The predicted octanol–water partition coefficient (Wildman–Crippen LogP) is 3.81. The van der Waals surface area contributed by atoms with Crippen molar-refractivity contribution in [1.29, 1.82) is 0 Å². The van der Waals surface area contributed by atoms with E-state index >= 15 is 0 Å². The van der Waals surface area contributed by atoms with Crippen LogP contribution in [0.25, 0.3) is 0 Å².